The summed E-state index contributed by atoms with van der Waals surface area (Å²) in [6.07, 6.45) is 9.91. The Bertz CT molecular complexity index is 1710. The molecule has 3 aromatic carbocycles. The number of benzene rings is 3. The number of nitro groups is 1. The minimum Gasteiger partial charge on any atom is -0.606 e. The molecule has 224 valence electrons. The van der Waals surface area contributed by atoms with E-state index in [0.29, 0.717) is 32.9 Å². The van der Waals surface area contributed by atoms with E-state index in [2.05, 4.69) is 29.5 Å². The summed E-state index contributed by atoms with van der Waals surface area (Å²) in [5.41, 5.74) is 1.14. The van der Waals surface area contributed by atoms with Crippen molar-refractivity contribution in [2.75, 3.05) is 0 Å². The molecule has 1 heterocycles. The predicted molar refractivity (Wildman–Crippen MR) is 185 cm³/mol. The minimum absolute atomic E-state index is 0.0486. The highest BCUT2D eigenvalue weighted by molar-refractivity contribution is 14.1. The van der Waals surface area contributed by atoms with E-state index in [9.17, 15) is 19.5 Å². The van der Waals surface area contributed by atoms with Crippen molar-refractivity contribution in [1.29, 1.82) is 0 Å². The van der Waals surface area contributed by atoms with Crippen LogP contribution < -0.4 is 5.43 Å². The van der Waals surface area contributed by atoms with Crippen LogP contribution in [0.15, 0.2) is 106 Å². The lowest BCUT2D eigenvalue weighted by Crippen LogP contribution is -2.15. The fourth-order valence-corrected chi connectivity index (χ4v) is 7.35. The maximum absolute atomic E-state index is 14.0. The number of pyridine rings is 1. The van der Waals surface area contributed by atoms with E-state index < -0.39 is 20.4 Å². The van der Waals surface area contributed by atoms with Crippen LogP contribution in [0.4, 0.5) is 5.69 Å². The molecule has 1 aromatic heterocycles. The molecule has 1 atom stereocenters. The number of allylic oxidation sites excluding steroid dienone is 2. The SMILES string of the molecule is CCCC=CCCC(Cl)(Cl)c1cc(-c2cn(CCl)cc(-c3cccc([S+]([O-])c4ccccc4I)c3)c2=O)ccc1[N+](=O)[O-]. The molecule has 0 amide bonds. The fourth-order valence-electron chi connectivity index (χ4n) is 4.57. The Hall–Kier alpha value is -2.34. The average Bonchev–Trinajstić information content (AvgIpc) is 3.00. The van der Waals surface area contributed by atoms with Crippen LogP contribution >= 0.6 is 57.4 Å². The van der Waals surface area contributed by atoms with Crippen LogP contribution in [0.1, 0.15) is 38.2 Å². The van der Waals surface area contributed by atoms with E-state index in [0.717, 1.165) is 16.4 Å². The second-order valence-electron chi connectivity index (χ2n) is 9.77. The molecule has 0 N–H and O–H groups in total. The van der Waals surface area contributed by atoms with Gasteiger partial charge in [-0.3, -0.25) is 14.9 Å². The molecule has 0 saturated carbocycles. The summed E-state index contributed by atoms with van der Waals surface area (Å²) in [6.45, 7) is 2.07. The first-order valence-electron chi connectivity index (χ1n) is 13.5. The van der Waals surface area contributed by atoms with E-state index in [4.69, 9.17) is 34.8 Å². The van der Waals surface area contributed by atoms with Gasteiger partial charge in [-0.2, -0.15) is 0 Å². The smallest absolute Gasteiger partial charge is 0.275 e. The maximum atomic E-state index is 14.0. The number of nitro benzene ring substituents is 1. The van der Waals surface area contributed by atoms with E-state index in [1.54, 1.807) is 41.2 Å². The zero-order chi connectivity index (χ0) is 31.1. The Morgan fingerprint density at radius 1 is 0.977 bits per heavy atom. The van der Waals surface area contributed by atoms with E-state index >= 15 is 0 Å². The van der Waals surface area contributed by atoms with Crippen molar-refractivity contribution in [3.05, 3.63) is 121 Å². The number of halogens is 4. The van der Waals surface area contributed by atoms with Crippen molar-refractivity contribution in [2.24, 2.45) is 0 Å². The first kappa shape index (κ1) is 33.6. The lowest BCUT2D eigenvalue weighted by atomic mass is 9.96. The first-order chi connectivity index (χ1) is 20.6. The molecule has 1 unspecified atom stereocenters. The molecule has 0 fully saturated rings. The highest BCUT2D eigenvalue weighted by Crippen LogP contribution is 2.44. The topological polar surface area (TPSA) is 88.2 Å². The van der Waals surface area contributed by atoms with Crippen molar-refractivity contribution >= 4 is 74.3 Å². The zero-order valence-corrected chi connectivity index (χ0v) is 28.4. The quantitative estimate of drug-likeness (QED) is 0.0359. The molecule has 6 nitrogen and oxygen atoms in total. The third kappa shape index (κ3) is 8.04. The molecular formula is C32H28Cl3IN2O4S. The summed E-state index contributed by atoms with van der Waals surface area (Å²) >= 11 is 20.3. The zero-order valence-electron chi connectivity index (χ0n) is 23.1. The van der Waals surface area contributed by atoms with Crippen molar-refractivity contribution in [3.8, 4) is 22.3 Å². The van der Waals surface area contributed by atoms with Crippen LogP contribution in [0.5, 0.6) is 0 Å². The van der Waals surface area contributed by atoms with Crippen molar-refractivity contribution in [1.82, 2.24) is 4.57 Å². The Labute approximate surface area is 282 Å². The molecule has 0 aliphatic carbocycles. The highest BCUT2D eigenvalue weighted by atomic mass is 127. The minimum atomic E-state index is -1.56. The summed E-state index contributed by atoms with van der Waals surface area (Å²) in [7, 11) is 0. The molecule has 43 heavy (non-hydrogen) atoms. The molecule has 4 rings (SSSR count). The monoisotopic (exact) mass is 768 g/mol. The van der Waals surface area contributed by atoms with Crippen LogP contribution in [-0.2, 0) is 21.5 Å². The van der Waals surface area contributed by atoms with E-state index in [-0.39, 0.29) is 34.7 Å². The summed E-state index contributed by atoms with van der Waals surface area (Å²) in [6, 6.07) is 18.8. The van der Waals surface area contributed by atoms with Gasteiger partial charge in [0.05, 0.1) is 20.1 Å². The molecule has 0 radical (unpaired) electrons. The van der Waals surface area contributed by atoms with Crippen molar-refractivity contribution in [2.45, 2.75) is 52.7 Å². The van der Waals surface area contributed by atoms with E-state index in [1.165, 1.54) is 18.2 Å². The third-order valence-corrected chi connectivity index (χ3v) is 10.6. The molecule has 4 aromatic rings. The van der Waals surface area contributed by atoms with Gasteiger partial charge in [0.25, 0.3) is 5.69 Å². The molecule has 0 aliphatic heterocycles. The van der Waals surface area contributed by atoms with Crippen LogP contribution in [0.3, 0.4) is 0 Å². The number of hydrogen-bond acceptors (Lipinski definition) is 4. The summed E-state index contributed by atoms with van der Waals surface area (Å²) in [5.74, 6) is 0. The van der Waals surface area contributed by atoms with Crippen molar-refractivity contribution in [3.63, 3.8) is 0 Å². The largest absolute Gasteiger partial charge is 0.606 e. The van der Waals surface area contributed by atoms with Crippen LogP contribution in [0.25, 0.3) is 22.3 Å². The molecule has 11 heteroatoms. The second-order valence-corrected chi connectivity index (χ2v) is 14.1. The number of hydrogen-bond donors (Lipinski definition) is 0. The van der Waals surface area contributed by atoms with Gasteiger partial charge >= 0.3 is 0 Å². The standard InChI is InChI=1S/C32H28Cl3IN2O4S/c1-2-3-4-5-8-16-32(34,35)27-18-23(14-15-29(27)38(40)41)26-20-37(21-33)19-25(31(26)39)22-10-9-11-24(17-22)43(42)30-13-7-6-12-28(30)36/h4-7,9-15,17-20H,2-3,8,16,21H2,1H3. The average molecular weight is 770 g/mol. The lowest BCUT2D eigenvalue weighted by Gasteiger charge is -2.20. The summed E-state index contributed by atoms with van der Waals surface area (Å²) < 4.78 is 14.4. The van der Waals surface area contributed by atoms with Crippen LogP contribution in [0.2, 0.25) is 0 Å². The van der Waals surface area contributed by atoms with Gasteiger partial charge in [-0.15, -0.1) is 11.6 Å². The van der Waals surface area contributed by atoms with E-state index in [1.807, 2.05) is 36.4 Å². The molecule has 0 bridgehead atoms. The molecule has 0 aliphatic rings. The predicted octanol–water partition coefficient (Wildman–Crippen LogP) is 9.82. The lowest BCUT2D eigenvalue weighted by molar-refractivity contribution is -0.385. The number of nitrogens with zero attached hydrogens (tertiary/aromatic N) is 2. The van der Waals surface area contributed by atoms with Crippen molar-refractivity contribution < 1.29 is 9.48 Å². The second kappa shape index (κ2) is 15.1. The molecule has 0 spiro atoms. The van der Waals surface area contributed by atoms with Gasteiger partial charge in [0.2, 0.25) is 0 Å². The summed E-state index contributed by atoms with van der Waals surface area (Å²) in [4.78, 5) is 26.6. The Morgan fingerprint density at radius 2 is 1.65 bits per heavy atom. The maximum Gasteiger partial charge on any atom is 0.275 e. The van der Waals surface area contributed by atoms with Gasteiger partial charge in [-0.25, -0.2) is 0 Å². The number of alkyl halides is 3. The Kier molecular flexibility index (Phi) is 11.8. The first-order valence-corrected chi connectivity index (χ1v) is 17.0. The number of unbranched alkanes of at least 4 members (excludes halogenated alkanes) is 1. The van der Waals surface area contributed by atoms with Gasteiger partial charge in [-0.1, -0.05) is 73.0 Å². The molecule has 0 saturated heterocycles. The van der Waals surface area contributed by atoms with Gasteiger partial charge in [0, 0.05) is 46.8 Å². The fraction of sp³-hybridized carbons (Fsp3) is 0.219. The van der Waals surface area contributed by atoms with Crippen LogP contribution in [0, 0.1) is 13.7 Å². The molecular weight excluding hydrogens is 742 g/mol. The summed E-state index contributed by atoms with van der Waals surface area (Å²) in [5, 5.41) is 11.9. The number of rotatable bonds is 12. The van der Waals surface area contributed by atoms with Gasteiger partial charge < -0.3 is 9.12 Å². The number of aromatic nitrogens is 1. The Morgan fingerprint density at radius 3 is 2.30 bits per heavy atom. The third-order valence-electron chi connectivity index (χ3n) is 6.76. The highest BCUT2D eigenvalue weighted by Gasteiger charge is 2.34. The van der Waals surface area contributed by atoms with Gasteiger partial charge in [0.1, 0.15) is 4.33 Å². The van der Waals surface area contributed by atoms with Gasteiger partial charge in [-0.05, 0) is 83.3 Å². The van der Waals surface area contributed by atoms with Crippen LogP contribution in [-0.4, -0.2) is 14.0 Å². The normalized spacial score (nSPS) is 12.5. The Balaban J connectivity index is 1.79. The van der Waals surface area contributed by atoms with Gasteiger partial charge in [0.15, 0.2) is 15.2 Å².